The molecule has 0 aromatic heterocycles. The van der Waals surface area contributed by atoms with Gasteiger partial charge >= 0.3 is 5.97 Å². The van der Waals surface area contributed by atoms with E-state index in [2.05, 4.69) is 5.32 Å². The largest absolute Gasteiger partial charge is 0.491 e. The van der Waals surface area contributed by atoms with Gasteiger partial charge in [-0.05, 0) is 25.1 Å². The normalized spacial score (nSPS) is 18.1. The topological polar surface area (TPSA) is 84.9 Å². The van der Waals surface area contributed by atoms with Crippen molar-refractivity contribution in [2.24, 2.45) is 0 Å². The minimum atomic E-state index is -1.07. The van der Waals surface area contributed by atoms with Crippen LogP contribution in [0.25, 0.3) is 0 Å². The maximum Gasteiger partial charge on any atom is 0.341 e. The summed E-state index contributed by atoms with van der Waals surface area (Å²) in [6.07, 6.45) is 0. The second-order valence-corrected chi connectivity index (χ2v) is 4.03. The molecule has 0 radical (unpaired) electrons. The number of ether oxygens (including phenoxy) is 2. The van der Waals surface area contributed by atoms with Crippen molar-refractivity contribution in [3.05, 3.63) is 23.8 Å². The number of fused-ring (bicyclic) bond motifs is 1. The third-order valence-corrected chi connectivity index (χ3v) is 2.42. The first-order valence-corrected chi connectivity index (χ1v) is 5.48. The van der Waals surface area contributed by atoms with Gasteiger partial charge in [0.1, 0.15) is 18.1 Å². The summed E-state index contributed by atoms with van der Waals surface area (Å²) in [5, 5.41) is 11.3. The van der Waals surface area contributed by atoms with E-state index in [0.29, 0.717) is 23.7 Å². The van der Waals surface area contributed by atoms with Gasteiger partial charge in [0, 0.05) is 0 Å². The highest BCUT2D eigenvalue weighted by Gasteiger charge is 2.20. The molecule has 0 fully saturated rings. The van der Waals surface area contributed by atoms with Crippen LogP contribution in [0.5, 0.6) is 11.5 Å². The van der Waals surface area contributed by atoms with Crippen molar-refractivity contribution in [2.45, 2.75) is 13.0 Å². The van der Waals surface area contributed by atoms with Crippen molar-refractivity contribution in [1.29, 1.82) is 0 Å². The van der Waals surface area contributed by atoms with Gasteiger partial charge in [0.2, 0.25) is 0 Å². The van der Waals surface area contributed by atoms with Crippen LogP contribution in [0.3, 0.4) is 0 Å². The number of hydrogen-bond donors (Lipinski definition) is 2. The molecule has 1 aliphatic heterocycles. The summed E-state index contributed by atoms with van der Waals surface area (Å²) in [5.41, 5.74) is 0.349. The van der Waals surface area contributed by atoms with Gasteiger partial charge in [-0.15, -0.1) is 0 Å². The zero-order valence-electron chi connectivity index (χ0n) is 9.80. The summed E-state index contributed by atoms with van der Waals surface area (Å²) >= 11 is 0. The van der Waals surface area contributed by atoms with E-state index in [1.807, 2.05) is 6.92 Å². The minimum Gasteiger partial charge on any atom is -0.491 e. The third-order valence-electron chi connectivity index (χ3n) is 2.42. The Bertz CT molecular complexity index is 485. The number of aliphatic carboxylic acids is 1. The van der Waals surface area contributed by atoms with E-state index in [1.165, 1.54) is 6.07 Å². The number of benzene rings is 1. The molecule has 0 spiro atoms. The van der Waals surface area contributed by atoms with Crippen LogP contribution >= 0.6 is 0 Å². The van der Waals surface area contributed by atoms with Gasteiger partial charge in [0.25, 0.3) is 5.91 Å². The number of carbonyl (C=O) groups is 2. The molecule has 0 aliphatic carbocycles. The van der Waals surface area contributed by atoms with Crippen molar-refractivity contribution in [2.75, 3.05) is 13.2 Å². The first kappa shape index (κ1) is 12.2. The van der Waals surface area contributed by atoms with E-state index in [-0.39, 0.29) is 11.9 Å². The molecule has 1 heterocycles. The molecule has 18 heavy (non-hydrogen) atoms. The lowest BCUT2D eigenvalue weighted by atomic mass is 10.1. The molecule has 1 aliphatic rings. The zero-order chi connectivity index (χ0) is 13.1. The lowest BCUT2D eigenvalue weighted by Crippen LogP contribution is -2.33. The smallest absolute Gasteiger partial charge is 0.341 e. The van der Waals surface area contributed by atoms with Crippen molar-refractivity contribution >= 4 is 11.9 Å². The Kier molecular flexibility index (Phi) is 3.36. The zero-order valence-corrected chi connectivity index (χ0v) is 9.80. The molecule has 1 aromatic carbocycles. The van der Waals surface area contributed by atoms with Crippen molar-refractivity contribution in [3.63, 3.8) is 0 Å². The monoisotopic (exact) mass is 251 g/mol. The van der Waals surface area contributed by atoms with Crippen LogP contribution < -0.4 is 14.8 Å². The number of carbonyl (C=O) groups excluding carboxylic acids is 1. The Morgan fingerprint density at radius 2 is 2.39 bits per heavy atom. The van der Waals surface area contributed by atoms with Crippen LogP contribution in [0.2, 0.25) is 0 Å². The Balaban J connectivity index is 2.22. The SMILES string of the molecule is CC1COc2ccc(OCC(=O)O)cc2C(=O)N1. The van der Waals surface area contributed by atoms with E-state index in [1.54, 1.807) is 12.1 Å². The maximum absolute atomic E-state index is 11.8. The fraction of sp³-hybridized carbons (Fsp3) is 0.333. The molecule has 0 bridgehead atoms. The molecule has 6 nitrogen and oxygen atoms in total. The molecule has 6 heteroatoms. The molecule has 1 atom stereocenters. The second kappa shape index (κ2) is 4.95. The average molecular weight is 251 g/mol. The Morgan fingerprint density at radius 1 is 1.61 bits per heavy atom. The van der Waals surface area contributed by atoms with Crippen molar-refractivity contribution in [1.82, 2.24) is 5.32 Å². The van der Waals surface area contributed by atoms with E-state index in [0.717, 1.165) is 0 Å². The predicted molar refractivity (Wildman–Crippen MR) is 62.0 cm³/mol. The fourth-order valence-corrected chi connectivity index (χ4v) is 1.61. The average Bonchev–Trinajstić information content (AvgIpc) is 2.46. The predicted octanol–water partition coefficient (Wildman–Crippen LogP) is 0.661. The lowest BCUT2D eigenvalue weighted by Gasteiger charge is -2.08. The minimum absolute atomic E-state index is 0.0757. The van der Waals surface area contributed by atoms with Crippen LogP contribution in [0.1, 0.15) is 17.3 Å². The van der Waals surface area contributed by atoms with E-state index in [9.17, 15) is 9.59 Å². The molecule has 2 rings (SSSR count). The molecule has 96 valence electrons. The van der Waals surface area contributed by atoms with Crippen molar-refractivity contribution < 1.29 is 24.2 Å². The van der Waals surface area contributed by atoms with Crippen LogP contribution in [0.4, 0.5) is 0 Å². The van der Waals surface area contributed by atoms with Gasteiger partial charge in [-0.1, -0.05) is 0 Å². The van der Waals surface area contributed by atoms with Gasteiger partial charge in [-0.3, -0.25) is 4.79 Å². The first-order valence-electron chi connectivity index (χ1n) is 5.48. The molecule has 1 unspecified atom stereocenters. The van der Waals surface area contributed by atoms with Crippen LogP contribution in [0.15, 0.2) is 18.2 Å². The van der Waals surface area contributed by atoms with E-state index < -0.39 is 12.6 Å². The van der Waals surface area contributed by atoms with Gasteiger partial charge in [0.05, 0.1) is 11.6 Å². The number of carboxylic acids is 1. The number of hydrogen-bond acceptors (Lipinski definition) is 4. The van der Waals surface area contributed by atoms with Crippen molar-refractivity contribution in [3.8, 4) is 11.5 Å². The number of amides is 1. The molecule has 0 saturated heterocycles. The van der Waals surface area contributed by atoms with Gasteiger partial charge in [-0.2, -0.15) is 0 Å². The summed E-state index contributed by atoms with van der Waals surface area (Å²) in [7, 11) is 0. The highest BCUT2D eigenvalue weighted by atomic mass is 16.5. The molecule has 0 saturated carbocycles. The molecule has 1 aromatic rings. The Labute approximate surface area is 104 Å². The molecular formula is C12H13NO5. The highest BCUT2D eigenvalue weighted by Crippen LogP contribution is 2.26. The van der Waals surface area contributed by atoms with E-state index >= 15 is 0 Å². The van der Waals surface area contributed by atoms with Crippen LogP contribution in [-0.2, 0) is 4.79 Å². The highest BCUT2D eigenvalue weighted by molar-refractivity contribution is 5.97. The standard InChI is InChI=1S/C12H13NO5/c1-7-5-18-10-3-2-8(17-6-11(14)15)4-9(10)12(16)13-7/h2-4,7H,5-6H2,1H3,(H,13,16)(H,14,15). The summed E-state index contributed by atoms with van der Waals surface area (Å²) in [5.74, 6) is -0.529. The quantitative estimate of drug-likeness (QED) is 0.824. The van der Waals surface area contributed by atoms with E-state index in [4.69, 9.17) is 14.6 Å². The summed E-state index contributed by atoms with van der Waals surface area (Å²) in [6, 6.07) is 4.58. The van der Waals surface area contributed by atoms with Crippen LogP contribution in [0, 0.1) is 0 Å². The lowest BCUT2D eigenvalue weighted by molar-refractivity contribution is -0.139. The molecule has 1 amide bonds. The Hall–Kier alpha value is -2.24. The maximum atomic E-state index is 11.8. The molecular weight excluding hydrogens is 238 g/mol. The summed E-state index contributed by atoms with van der Waals surface area (Å²) in [4.78, 5) is 22.2. The summed E-state index contributed by atoms with van der Waals surface area (Å²) < 4.78 is 10.5. The van der Waals surface area contributed by atoms with Crippen LogP contribution in [-0.4, -0.2) is 36.2 Å². The Morgan fingerprint density at radius 3 is 3.11 bits per heavy atom. The molecule has 2 N–H and O–H groups in total. The third kappa shape index (κ3) is 2.71. The van der Waals surface area contributed by atoms with Gasteiger partial charge in [0.15, 0.2) is 6.61 Å². The first-order chi connectivity index (χ1) is 8.56. The second-order valence-electron chi connectivity index (χ2n) is 4.03. The fourth-order valence-electron chi connectivity index (χ4n) is 1.61. The number of rotatable bonds is 3. The summed E-state index contributed by atoms with van der Waals surface area (Å²) in [6.45, 7) is 1.79. The van der Waals surface area contributed by atoms with Gasteiger partial charge < -0.3 is 19.9 Å². The number of nitrogens with one attached hydrogen (secondary N) is 1. The number of carboxylic acid groups (broad SMARTS) is 1. The van der Waals surface area contributed by atoms with Gasteiger partial charge in [-0.25, -0.2) is 4.79 Å².